The zero-order valence-corrected chi connectivity index (χ0v) is 13.0. The Kier molecular flexibility index (Phi) is 4.28. The van der Waals surface area contributed by atoms with Crippen molar-refractivity contribution >= 4 is 17.6 Å². The summed E-state index contributed by atoms with van der Waals surface area (Å²) in [5.74, 6) is -0.143. The summed E-state index contributed by atoms with van der Waals surface area (Å²) in [6.07, 6.45) is 0.874. The van der Waals surface area contributed by atoms with E-state index in [1.54, 1.807) is 36.2 Å². The van der Waals surface area contributed by atoms with E-state index in [9.17, 15) is 9.59 Å². The van der Waals surface area contributed by atoms with E-state index < -0.39 is 0 Å². The Morgan fingerprint density at radius 1 is 1.00 bits per heavy atom. The molecule has 2 aromatic carbocycles. The summed E-state index contributed by atoms with van der Waals surface area (Å²) in [5, 5.41) is 5.45. The van der Waals surface area contributed by atoms with Crippen LogP contribution in [-0.2, 0) is 13.0 Å². The van der Waals surface area contributed by atoms with Crippen molar-refractivity contribution in [1.82, 2.24) is 10.2 Å². The van der Waals surface area contributed by atoms with Gasteiger partial charge in [0.1, 0.15) is 0 Å². The fourth-order valence-corrected chi connectivity index (χ4v) is 2.72. The third kappa shape index (κ3) is 3.34. The summed E-state index contributed by atoms with van der Waals surface area (Å²) < 4.78 is 0. The van der Waals surface area contributed by atoms with Gasteiger partial charge in [0.2, 0.25) is 0 Å². The summed E-state index contributed by atoms with van der Waals surface area (Å²) in [6, 6.07) is 14.9. The lowest BCUT2D eigenvalue weighted by atomic mass is 10.0. The van der Waals surface area contributed by atoms with Gasteiger partial charge in [-0.1, -0.05) is 24.3 Å². The number of carbonyl (C=O) groups excluding carboxylic acids is 2. The van der Waals surface area contributed by atoms with Crippen LogP contribution in [0.3, 0.4) is 0 Å². The average Bonchev–Trinajstić information content (AvgIpc) is 2.61. The molecular formula is C18H19N3O2. The largest absolute Gasteiger partial charge is 0.355 e. The van der Waals surface area contributed by atoms with Crippen LogP contribution in [0.5, 0.6) is 0 Å². The van der Waals surface area contributed by atoms with Gasteiger partial charge in [0, 0.05) is 31.4 Å². The first-order valence-corrected chi connectivity index (χ1v) is 7.62. The van der Waals surface area contributed by atoms with Crippen molar-refractivity contribution in [2.75, 3.05) is 18.9 Å². The Hall–Kier alpha value is -2.82. The summed E-state index contributed by atoms with van der Waals surface area (Å²) >= 11 is 0. The standard InChI is InChI=1S/C18H19N3O2/c1-19-17(22)14-6-8-16(9-7-14)20-18(23)21-11-10-13-4-2-3-5-15(13)12-21/h2-9H,10-12H2,1H3,(H,19,22)(H,20,23). The number of nitrogens with one attached hydrogen (secondary N) is 2. The molecule has 23 heavy (non-hydrogen) atoms. The first kappa shape index (κ1) is 15.1. The molecule has 0 radical (unpaired) electrons. The number of anilines is 1. The fraction of sp³-hybridized carbons (Fsp3) is 0.222. The number of urea groups is 1. The number of hydrogen-bond acceptors (Lipinski definition) is 2. The molecule has 1 aliphatic rings. The number of benzene rings is 2. The van der Waals surface area contributed by atoms with Crippen LogP contribution in [0.4, 0.5) is 10.5 Å². The summed E-state index contributed by atoms with van der Waals surface area (Å²) in [5.41, 5.74) is 3.76. The highest BCUT2D eigenvalue weighted by molar-refractivity contribution is 5.95. The molecule has 3 rings (SSSR count). The minimum absolute atomic E-state index is 0.118. The third-order valence-electron chi connectivity index (χ3n) is 4.04. The number of hydrogen-bond donors (Lipinski definition) is 2. The molecule has 5 heteroatoms. The topological polar surface area (TPSA) is 61.4 Å². The Morgan fingerprint density at radius 3 is 2.39 bits per heavy atom. The molecule has 0 aliphatic carbocycles. The second-order valence-corrected chi connectivity index (χ2v) is 5.53. The average molecular weight is 309 g/mol. The number of rotatable bonds is 2. The van der Waals surface area contributed by atoms with Gasteiger partial charge in [-0.05, 0) is 41.8 Å². The molecule has 1 heterocycles. The van der Waals surface area contributed by atoms with Gasteiger partial charge in [0.25, 0.3) is 5.91 Å². The highest BCUT2D eigenvalue weighted by Crippen LogP contribution is 2.19. The Morgan fingerprint density at radius 2 is 1.70 bits per heavy atom. The lowest BCUT2D eigenvalue weighted by Gasteiger charge is -2.29. The summed E-state index contributed by atoms with van der Waals surface area (Å²) in [4.78, 5) is 25.7. The molecule has 5 nitrogen and oxygen atoms in total. The zero-order valence-electron chi connectivity index (χ0n) is 13.0. The van der Waals surface area contributed by atoms with Crippen LogP contribution in [0.2, 0.25) is 0 Å². The number of carbonyl (C=O) groups is 2. The fourth-order valence-electron chi connectivity index (χ4n) is 2.72. The van der Waals surface area contributed by atoms with E-state index in [2.05, 4.69) is 22.8 Å². The van der Waals surface area contributed by atoms with Crippen LogP contribution in [0.15, 0.2) is 48.5 Å². The number of fused-ring (bicyclic) bond motifs is 1. The van der Waals surface area contributed by atoms with Crippen molar-refractivity contribution in [2.24, 2.45) is 0 Å². The van der Waals surface area contributed by atoms with Gasteiger partial charge in [-0.15, -0.1) is 0 Å². The lowest BCUT2D eigenvalue weighted by molar-refractivity contribution is 0.0963. The first-order chi connectivity index (χ1) is 11.2. The van der Waals surface area contributed by atoms with Crippen molar-refractivity contribution in [1.29, 1.82) is 0 Å². The lowest BCUT2D eigenvalue weighted by Crippen LogP contribution is -2.38. The maximum absolute atomic E-state index is 12.4. The van der Waals surface area contributed by atoms with Gasteiger partial charge < -0.3 is 15.5 Å². The minimum atomic E-state index is -0.143. The number of amides is 3. The predicted octanol–water partition coefficient (Wildman–Crippen LogP) is 2.64. The predicted molar refractivity (Wildman–Crippen MR) is 89.4 cm³/mol. The van der Waals surface area contributed by atoms with Crippen LogP contribution in [-0.4, -0.2) is 30.4 Å². The van der Waals surface area contributed by atoms with Crippen molar-refractivity contribution < 1.29 is 9.59 Å². The molecule has 0 unspecified atom stereocenters. The Bertz CT molecular complexity index is 725. The van der Waals surface area contributed by atoms with E-state index in [4.69, 9.17) is 0 Å². The van der Waals surface area contributed by atoms with Gasteiger partial charge in [-0.2, -0.15) is 0 Å². The second kappa shape index (κ2) is 6.52. The summed E-state index contributed by atoms with van der Waals surface area (Å²) in [7, 11) is 1.59. The molecular weight excluding hydrogens is 290 g/mol. The van der Waals surface area contributed by atoms with Crippen molar-refractivity contribution in [2.45, 2.75) is 13.0 Å². The van der Waals surface area contributed by atoms with Crippen molar-refractivity contribution in [3.8, 4) is 0 Å². The van der Waals surface area contributed by atoms with Crippen LogP contribution in [0.25, 0.3) is 0 Å². The van der Waals surface area contributed by atoms with E-state index in [0.717, 1.165) is 6.42 Å². The van der Waals surface area contributed by atoms with Gasteiger partial charge in [-0.25, -0.2) is 4.79 Å². The molecule has 1 aliphatic heterocycles. The van der Waals surface area contributed by atoms with E-state index in [0.29, 0.717) is 24.3 Å². The normalized spacial score (nSPS) is 13.2. The van der Waals surface area contributed by atoms with Gasteiger partial charge in [-0.3, -0.25) is 4.79 Å². The SMILES string of the molecule is CNC(=O)c1ccc(NC(=O)N2CCc3ccccc3C2)cc1. The quantitative estimate of drug-likeness (QED) is 0.896. The molecule has 0 fully saturated rings. The number of nitrogens with zero attached hydrogens (tertiary/aromatic N) is 1. The maximum atomic E-state index is 12.4. The molecule has 3 amide bonds. The Labute approximate surface area is 135 Å². The molecule has 2 N–H and O–H groups in total. The molecule has 0 spiro atoms. The molecule has 118 valence electrons. The summed E-state index contributed by atoms with van der Waals surface area (Å²) in [6.45, 7) is 1.33. The molecule has 2 aromatic rings. The van der Waals surface area contributed by atoms with Crippen LogP contribution in [0, 0.1) is 0 Å². The monoisotopic (exact) mass is 309 g/mol. The van der Waals surface area contributed by atoms with Crippen LogP contribution < -0.4 is 10.6 Å². The molecule has 0 bridgehead atoms. The highest BCUT2D eigenvalue weighted by atomic mass is 16.2. The van der Waals surface area contributed by atoms with Gasteiger partial charge in [0.05, 0.1) is 0 Å². The van der Waals surface area contributed by atoms with Gasteiger partial charge in [0.15, 0.2) is 0 Å². The highest BCUT2D eigenvalue weighted by Gasteiger charge is 2.20. The third-order valence-corrected chi connectivity index (χ3v) is 4.04. The van der Waals surface area contributed by atoms with Crippen molar-refractivity contribution in [3.63, 3.8) is 0 Å². The van der Waals surface area contributed by atoms with Crippen LogP contribution in [0.1, 0.15) is 21.5 Å². The first-order valence-electron chi connectivity index (χ1n) is 7.62. The smallest absolute Gasteiger partial charge is 0.322 e. The minimum Gasteiger partial charge on any atom is -0.355 e. The molecule has 0 aromatic heterocycles. The van der Waals surface area contributed by atoms with Crippen LogP contribution >= 0.6 is 0 Å². The Balaban J connectivity index is 1.65. The molecule has 0 saturated carbocycles. The van der Waals surface area contributed by atoms with E-state index in [1.165, 1.54) is 11.1 Å². The van der Waals surface area contributed by atoms with Crippen molar-refractivity contribution in [3.05, 3.63) is 65.2 Å². The zero-order chi connectivity index (χ0) is 16.2. The van der Waals surface area contributed by atoms with E-state index >= 15 is 0 Å². The maximum Gasteiger partial charge on any atom is 0.322 e. The van der Waals surface area contributed by atoms with Gasteiger partial charge >= 0.3 is 6.03 Å². The van der Waals surface area contributed by atoms with E-state index in [1.807, 2.05) is 12.1 Å². The second-order valence-electron chi connectivity index (χ2n) is 5.53. The molecule has 0 atom stereocenters. The van der Waals surface area contributed by atoms with E-state index in [-0.39, 0.29) is 11.9 Å². The molecule has 0 saturated heterocycles.